The first-order chi connectivity index (χ1) is 24.0. The number of benzene rings is 6. The third-order valence-corrected chi connectivity index (χ3v) is 10.9. The second-order valence-corrected chi connectivity index (χ2v) is 14.1. The fraction of sp³-hybridized carbons (Fsp3) is 0.149. The van der Waals surface area contributed by atoms with Crippen LogP contribution in [0.1, 0.15) is 49.6 Å². The lowest BCUT2D eigenvalue weighted by Gasteiger charge is -2.28. The average Bonchev–Trinajstić information content (AvgIpc) is 3.60. The van der Waals surface area contributed by atoms with E-state index in [1.807, 2.05) is 0 Å². The second-order valence-electron chi connectivity index (χ2n) is 14.1. The third-order valence-electron chi connectivity index (χ3n) is 10.9. The fourth-order valence-corrected chi connectivity index (χ4v) is 8.28. The van der Waals surface area contributed by atoms with Gasteiger partial charge in [-0.3, -0.25) is 0 Å². The first-order valence-corrected chi connectivity index (χ1v) is 17.6. The Morgan fingerprint density at radius 3 is 2.00 bits per heavy atom. The highest BCUT2D eigenvalue weighted by Gasteiger charge is 2.37. The van der Waals surface area contributed by atoms with Crippen LogP contribution in [0.2, 0.25) is 0 Å². The van der Waals surface area contributed by atoms with E-state index in [2.05, 4.69) is 188 Å². The van der Waals surface area contributed by atoms with E-state index in [9.17, 15) is 0 Å². The molecule has 9 rings (SSSR count). The Labute approximate surface area is 289 Å². The van der Waals surface area contributed by atoms with Crippen molar-refractivity contribution in [1.29, 1.82) is 0 Å². The molecule has 1 heterocycles. The number of nitrogens with zero attached hydrogens (tertiary/aromatic N) is 2. The summed E-state index contributed by atoms with van der Waals surface area (Å²) in [7, 11) is 0. The summed E-state index contributed by atoms with van der Waals surface area (Å²) in [5, 5.41) is 1.34. The van der Waals surface area contributed by atoms with Gasteiger partial charge >= 0.3 is 0 Å². The van der Waals surface area contributed by atoms with Crippen molar-refractivity contribution in [1.82, 2.24) is 4.57 Å². The summed E-state index contributed by atoms with van der Waals surface area (Å²) >= 11 is 0. The van der Waals surface area contributed by atoms with Gasteiger partial charge in [-0.05, 0) is 107 Å². The van der Waals surface area contributed by atoms with Crippen molar-refractivity contribution in [2.24, 2.45) is 5.92 Å². The molecule has 0 aliphatic heterocycles. The molecular formula is C47H40N2. The van der Waals surface area contributed by atoms with Gasteiger partial charge in [-0.2, -0.15) is 0 Å². The van der Waals surface area contributed by atoms with Gasteiger partial charge in [-0.15, -0.1) is 0 Å². The van der Waals surface area contributed by atoms with E-state index in [0.717, 1.165) is 24.2 Å². The zero-order chi connectivity index (χ0) is 33.1. The van der Waals surface area contributed by atoms with Crippen LogP contribution in [0.25, 0.3) is 44.9 Å². The van der Waals surface area contributed by atoms with Gasteiger partial charge in [0.25, 0.3) is 0 Å². The number of allylic oxidation sites excluding steroid dienone is 1. The zero-order valence-corrected chi connectivity index (χ0v) is 28.4. The number of anilines is 3. The topological polar surface area (TPSA) is 8.17 Å². The van der Waals surface area contributed by atoms with Crippen LogP contribution in [0.4, 0.5) is 17.1 Å². The smallest absolute Gasteiger partial charge is 0.0537 e. The maximum Gasteiger partial charge on any atom is 0.0537 e. The van der Waals surface area contributed by atoms with Crippen molar-refractivity contribution in [3.05, 3.63) is 174 Å². The Bertz CT molecular complexity index is 2360. The molecule has 0 amide bonds. The molecule has 0 N–H and O–H groups in total. The maximum absolute atomic E-state index is 2.54. The summed E-state index contributed by atoms with van der Waals surface area (Å²) in [6, 6.07) is 53.4. The van der Waals surface area contributed by atoms with E-state index in [4.69, 9.17) is 0 Å². The number of aromatic nitrogens is 1. The van der Waals surface area contributed by atoms with Crippen molar-refractivity contribution in [3.8, 4) is 27.9 Å². The average molecular weight is 633 g/mol. The van der Waals surface area contributed by atoms with Gasteiger partial charge in [0, 0.05) is 44.8 Å². The van der Waals surface area contributed by atoms with E-state index in [1.54, 1.807) is 0 Å². The van der Waals surface area contributed by atoms with E-state index in [-0.39, 0.29) is 5.41 Å². The quantitative estimate of drug-likeness (QED) is 0.177. The minimum Gasteiger partial charge on any atom is -0.313 e. The highest BCUT2D eigenvalue weighted by Crippen LogP contribution is 2.51. The van der Waals surface area contributed by atoms with Crippen LogP contribution < -0.4 is 4.90 Å². The Kier molecular flexibility index (Phi) is 6.95. The Balaban J connectivity index is 1.14. The number of hydrogen-bond acceptors (Lipinski definition) is 1. The molecular weight excluding hydrogens is 593 g/mol. The van der Waals surface area contributed by atoms with Gasteiger partial charge in [-0.25, -0.2) is 0 Å². The van der Waals surface area contributed by atoms with Gasteiger partial charge < -0.3 is 9.47 Å². The first kappa shape index (κ1) is 29.5. The van der Waals surface area contributed by atoms with Gasteiger partial charge in [-0.1, -0.05) is 124 Å². The van der Waals surface area contributed by atoms with Gasteiger partial charge in [0.1, 0.15) is 0 Å². The Morgan fingerprint density at radius 2 is 1.24 bits per heavy atom. The molecule has 49 heavy (non-hydrogen) atoms. The lowest BCUT2D eigenvalue weighted by Crippen LogP contribution is -2.17. The molecule has 0 spiro atoms. The predicted octanol–water partition coefficient (Wildman–Crippen LogP) is 12.7. The van der Waals surface area contributed by atoms with Crippen LogP contribution in [0.5, 0.6) is 0 Å². The Morgan fingerprint density at radius 1 is 0.633 bits per heavy atom. The highest BCUT2D eigenvalue weighted by atomic mass is 15.1. The molecule has 0 saturated heterocycles. The monoisotopic (exact) mass is 632 g/mol. The molecule has 1 atom stereocenters. The molecule has 0 fully saturated rings. The fourth-order valence-electron chi connectivity index (χ4n) is 8.28. The molecule has 0 bridgehead atoms. The lowest BCUT2D eigenvalue weighted by molar-refractivity contribution is 0.605. The highest BCUT2D eigenvalue weighted by molar-refractivity contribution is 5.94. The SMILES string of the molecule is CCC1C=Cc2c(n(-c3ccc4c(c3)C(C)(C)c3cc(N(c5ccccc5)c5ccc(-c6ccccc6)cc5)ccc3-4)c3ccccc23)C1. The molecule has 2 aliphatic carbocycles. The molecule has 238 valence electrons. The minimum absolute atomic E-state index is 0.162. The van der Waals surface area contributed by atoms with E-state index in [0.29, 0.717) is 5.92 Å². The van der Waals surface area contributed by atoms with E-state index in [1.165, 1.54) is 66.9 Å². The number of fused-ring (bicyclic) bond motifs is 6. The summed E-state index contributed by atoms with van der Waals surface area (Å²) in [5.41, 5.74) is 16.5. The van der Waals surface area contributed by atoms with Crippen LogP contribution in [-0.4, -0.2) is 4.57 Å². The van der Waals surface area contributed by atoms with Crippen LogP contribution in [0.3, 0.4) is 0 Å². The normalized spacial score (nSPS) is 15.5. The molecule has 2 nitrogen and oxygen atoms in total. The van der Waals surface area contributed by atoms with Crippen LogP contribution >= 0.6 is 0 Å². The number of para-hydroxylation sites is 2. The van der Waals surface area contributed by atoms with Crippen molar-refractivity contribution >= 4 is 34.0 Å². The summed E-state index contributed by atoms with van der Waals surface area (Å²) in [6.45, 7) is 7.09. The van der Waals surface area contributed by atoms with Gasteiger partial charge in [0.2, 0.25) is 0 Å². The zero-order valence-electron chi connectivity index (χ0n) is 28.4. The molecule has 7 aromatic rings. The molecule has 1 aromatic heterocycles. The summed E-state index contributed by atoms with van der Waals surface area (Å²) < 4.78 is 2.54. The standard InChI is InChI=1S/C47H40N2/c1-4-32-19-26-42-41-17-11-12-18-45(41)49(46(42)29-32)38-25-28-40-39-27-24-37(30-43(39)47(2,3)44(40)31-38)48(35-15-9-6-10-16-35)36-22-20-34(21-23-36)33-13-7-5-8-14-33/h5-28,30-32H,4,29H2,1-3H3. The summed E-state index contributed by atoms with van der Waals surface area (Å²) in [5.74, 6) is 0.575. The van der Waals surface area contributed by atoms with Crippen molar-refractivity contribution in [2.45, 2.75) is 39.0 Å². The molecule has 2 heteroatoms. The van der Waals surface area contributed by atoms with Crippen molar-refractivity contribution < 1.29 is 0 Å². The lowest BCUT2D eigenvalue weighted by atomic mass is 9.82. The number of rotatable bonds is 6. The maximum atomic E-state index is 2.54. The molecule has 2 aliphatic rings. The van der Waals surface area contributed by atoms with Crippen molar-refractivity contribution in [2.75, 3.05) is 4.90 Å². The largest absolute Gasteiger partial charge is 0.313 e. The molecule has 0 radical (unpaired) electrons. The van der Waals surface area contributed by atoms with Crippen LogP contribution in [-0.2, 0) is 11.8 Å². The minimum atomic E-state index is -0.162. The predicted molar refractivity (Wildman–Crippen MR) is 207 cm³/mol. The second kappa shape index (κ2) is 11.5. The summed E-state index contributed by atoms with van der Waals surface area (Å²) in [6.07, 6.45) is 7.01. The van der Waals surface area contributed by atoms with Crippen LogP contribution in [0, 0.1) is 5.92 Å². The molecule has 6 aromatic carbocycles. The molecule has 1 unspecified atom stereocenters. The van der Waals surface area contributed by atoms with Crippen molar-refractivity contribution in [3.63, 3.8) is 0 Å². The van der Waals surface area contributed by atoms with E-state index < -0.39 is 0 Å². The van der Waals surface area contributed by atoms with Crippen LogP contribution in [0.15, 0.2) is 152 Å². The number of hydrogen-bond donors (Lipinski definition) is 0. The first-order valence-electron chi connectivity index (χ1n) is 17.6. The van der Waals surface area contributed by atoms with Gasteiger partial charge in [0.15, 0.2) is 0 Å². The van der Waals surface area contributed by atoms with Gasteiger partial charge in [0.05, 0.1) is 5.52 Å². The Hall–Kier alpha value is -5.60. The molecule has 0 saturated carbocycles. The van der Waals surface area contributed by atoms with E-state index >= 15 is 0 Å². The summed E-state index contributed by atoms with van der Waals surface area (Å²) in [4.78, 5) is 2.38. The third kappa shape index (κ3) is 4.77.